The molecule has 0 radical (unpaired) electrons. The monoisotopic (exact) mass is 312 g/mol. The minimum atomic E-state index is -1.16. The zero-order valence-corrected chi connectivity index (χ0v) is 12.9. The molecule has 1 heterocycles. The molecule has 1 aliphatic carbocycles. The SMILES string of the molecule is CCC1=C(C(=O)O)C2OC(C)(C)O[C@H]2[C@H](NC(C)=O)C1=NO. The number of rotatable bonds is 3. The summed E-state index contributed by atoms with van der Waals surface area (Å²) in [7, 11) is 0. The highest BCUT2D eigenvalue weighted by molar-refractivity contribution is 6.12. The molecule has 1 fully saturated rings. The maximum Gasteiger partial charge on any atom is 0.334 e. The molecule has 3 atom stereocenters. The largest absolute Gasteiger partial charge is 0.478 e. The number of hydrogen-bond acceptors (Lipinski definition) is 6. The Morgan fingerprint density at radius 1 is 1.36 bits per heavy atom. The Labute approximate surface area is 127 Å². The molecule has 22 heavy (non-hydrogen) atoms. The van der Waals surface area contributed by atoms with Crippen LogP contribution in [-0.2, 0) is 19.1 Å². The number of aliphatic carboxylic acids is 1. The van der Waals surface area contributed by atoms with Crippen molar-refractivity contribution in [2.24, 2.45) is 5.16 Å². The van der Waals surface area contributed by atoms with Crippen LogP contribution < -0.4 is 5.32 Å². The Morgan fingerprint density at radius 3 is 2.45 bits per heavy atom. The Bertz CT molecular complexity index is 566. The molecule has 0 aromatic heterocycles. The van der Waals surface area contributed by atoms with Gasteiger partial charge < -0.3 is 25.1 Å². The van der Waals surface area contributed by atoms with Crippen LogP contribution in [0.4, 0.5) is 0 Å². The van der Waals surface area contributed by atoms with Crippen LogP contribution in [0.5, 0.6) is 0 Å². The topological polar surface area (TPSA) is 117 Å². The fraction of sp³-hybridized carbons (Fsp3) is 0.643. The van der Waals surface area contributed by atoms with Gasteiger partial charge in [0.05, 0.1) is 5.57 Å². The lowest BCUT2D eigenvalue weighted by Gasteiger charge is -2.34. The number of ether oxygens (including phenoxy) is 2. The number of carboxylic acid groups (broad SMARTS) is 1. The van der Waals surface area contributed by atoms with Gasteiger partial charge in [-0.3, -0.25) is 4.79 Å². The Hall–Kier alpha value is -1.93. The van der Waals surface area contributed by atoms with Crippen LogP contribution in [0, 0.1) is 0 Å². The number of carbonyl (C=O) groups excluding carboxylic acids is 1. The average Bonchev–Trinajstić information content (AvgIpc) is 2.71. The van der Waals surface area contributed by atoms with Crippen molar-refractivity contribution in [3.8, 4) is 0 Å². The first kappa shape index (κ1) is 16.4. The van der Waals surface area contributed by atoms with Crippen molar-refractivity contribution in [1.29, 1.82) is 0 Å². The number of hydrogen-bond donors (Lipinski definition) is 3. The second kappa shape index (κ2) is 5.69. The van der Waals surface area contributed by atoms with Gasteiger partial charge in [0.2, 0.25) is 5.91 Å². The number of nitrogens with zero attached hydrogens (tertiary/aromatic N) is 1. The molecule has 1 saturated heterocycles. The van der Waals surface area contributed by atoms with Crippen molar-refractivity contribution < 1.29 is 29.4 Å². The molecule has 1 unspecified atom stereocenters. The molecule has 0 spiro atoms. The van der Waals surface area contributed by atoms with E-state index in [0.29, 0.717) is 12.0 Å². The van der Waals surface area contributed by atoms with Gasteiger partial charge in [-0.05, 0) is 25.8 Å². The van der Waals surface area contributed by atoms with Crippen LogP contribution in [0.3, 0.4) is 0 Å². The molecule has 0 aromatic carbocycles. The summed E-state index contributed by atoms with van der Waals surface area (Å²) in [6.07, 6.45) is -1.29. The molecule has 8 nitrogen and oxygen atoms in total. The second-order valence-corrected chi connectivity index (χ2v) is 5.74. The molecule has 0 saturated carbocycles. The molecule has 1 amide bonds. The maximum atomic E-state index is 11.7. The van der Waals surface area contributed by atoms with Crippen LogP contribution in [0.15, 0.2) is 16.3 Å². The summed E-state index contributed by atoms with van der Waals surface area (Å²) < 4.78 is 11.5. The van der Waals surface area contributed by atoms with Crippen molar-refractivity contribution in [1.82, 2.24) is 5.32 Å². The van der Waals surface area contributed by atoms with Crippen molar-refractivity contribution in [2.75, 3.05) is 0 Å². The molecular formula is C14H20N2O6. The van der Waals surface area contributed by atoms with E-state index >= 15 is 0 Å². The van der Waals surface area contributed by atoms with Gasteiger partial charge in [0.1, 0.15) is 24.0 Å². The minimum Gasteiger partial charge on any atom is -0.478 e. The quantitative estimate of drug-likeness (QED) is 0.520. The van der Waals surface area contributed by atoms with E-state index in [-0.39, 0.29) is 17.2 Å². The van der Waals surface area contributed by atoms with Crippen LogP contribution in [-0.4, -0.2) is 51.9 Å². The van der Waals surface area contributed by atoms with Crippen LogP contribution in [0.2, 0.25) is 0 Å². The fourth-order valence-electron chi connectivity index (χ4n) is 3.02. The Balaban J connectivity index is 2.60. The van der Waals surface area contributed by atoms with Crippen molar-refractivity contribution in [3.63, 3.8) is 0 Å². The number of carboxylic acids is 1. The lowest BCUT2D eigenvalue weighted by molar-refractivity contribution is -0.147. The third-order valence-electron chi connectivity index (χ3n) is 3.72. The van der Waals surface area contributed by atoms with Gasteiger partial charge in [-0.25, -0.2) is 4.79 Å². The molecule has 8 heteroatoms. The number of oxime groups is 1. The van der Waals surface area contributed by atoms with Crippen LogP contribution in [0.1, 0.15) is 34.1 Å². The van der Waals surface area contributed by atoms with Gasteiger partial charge in [-0.1, -0.05) is 12.1 Å². The van der Waals surface area contributed by atoms with Gasteiger partial charge in [0.15, 0.2) is 5.79 Å². The van der Waals surface area contributed by atoms with Crippen LogP contribution in [0.25, 0.3) is 0 Å². The highest BCUT2D eigenvalue weighted by atomic mass is 16.8. The summed E-state index contributed by atoms with van der Waals surface area (Å²) in [6.45, 7) is 6.40. The lowest BCUT2D eigenvalue weighted by atomic mass is 9.81. The predicted octanol–water partition coefficient (Wildman–Crippen LogP) is 0.646. The molecule has 0 aromatic rings. The number of carbonyl (C=O) groups is 2. The molecule has 0 bridgehead atoms. The molecule has 2 rings (SSSR count). The first-order chi connectivity index (χ1) is 10.2. The zero-order valence-electron chi connectivity index (χ0n) is 12.9. The minimum absolute atomic E-state index is 0.00692. The van der Waals surface area contributed by atoms with E-state index in [1.165, 1.54) is 6.92 Å². The van der Waals surface area contributed by atoms with E-state index in [2.05, 4.69) is 10.5 Å². The molecule has 1 aliphatic heterocycles. The average molecular weight is 312 g/mol. The smallest absolute Gasteiger partial charge is 0.334 e. The summed E-state index contributed by atoms with van der Waals surface area (Å²) in [4.78, 5) is 23.1. The molecule has 3 N–H and O–H groups in total. The summed E-state index contributed by atoms with van der Waals surface area (Å²) in [5.41, 5.74) is 0.446. The maximum absolute atomic E-state index is 11.7. The van der Waals surface area contributed by atoms with E-state index in [4.69, 9.17) is 9.47 Å². The summed E-state index contributed by atoms with van der Waals surface area (Å²) in [6, 6.07) is -0.771. The normalized spacial score (nSPS) is 32.0. The van der Waals surface area contributed by atoms with E-state index in [9.17, 15) is 19.9 Å². The van der Waals surface area contributed by atoms with E-state index < -0.39 is 30.0 Å². The van der Waals surface area contributed by atoms with Crippen molar-refractivity contribution in [3.05, 3.63) is 11.1 Å². The first-order valence-electron chi connectivity index (χ1n) is 7.03. The second-order valence-electron chi connectivity index (χ2n) is 5.74. The van der Waals surface area contributed by atoms with Crippen molar-refractivity contribution >= 4 is 17.6 Å². The molecular weight excluding hydrogens is 292 g/mol. The molecule has 122 valence electrons. The van der Waals surface area contributed by atoms with E-state index in [1.807, 2.05) is 0 Å². The van der Waals surface area contributed by atoms with Crippen LogP contribution >= 0.6 is 0 Å². The van der Waals surface area contributed by atoms with Gasteiger partial charge in [0, 0.05) is 6.92 Å². The van der Waals surface area contributed by atoms with Gasteiger partial charge >= 0.3 is 5.97 Å². The zero-order chi connectivity index (χ0) is 16.7. The van der Waals surface area contributed by atoms with Gasteiger partial charge in [0.25, 0.3) is 0 Å². The number of fused-ring (bicyclic) bond motifs is 1. The van der Waals surface area contributed by atoms with Gasteiger partial charge in [-0.15, -0.1) is 0 Å². The standard InChI is InChI=1S/C14H20N2O6/c1-5-7-8(13(18)19)11-12(22-14(3,4)21-11)10(9(7)16-20)15-6(2)17/h10-12,20H,5H2,1-4H3,(H,15,17)(H,18,19)/t10-,11?,12+/m1/s1. The highest BCUT2D eigenvalue weighted by Gasteiger charge is 2.54. The third kappa shape index (κ3) is 2.71. The summed E-state index contributed by atoms with van der Waals surface area (Å²) in [5, 5.41) is 24.7. The Kier molecular flexibility index (Phi) is 4.25. The van der Waals surface area contributed by atoms with Gasteiger partial charge in [-0.2, -0.15) is 0 Å². The lowest BCUT2D eigenvalue weighted by Crippen LogP contribution is -2.56. The number of nitrogens with one attached hydrogen (secondary N) is 1. The van der Waals surface area contributed by atoms with E-state index in [1.54, 1.807) is 20.8 Å². The Morgan fingerprint density at radius 2 is 2.00 bits per heavy atom. The fourth-order valence-corrected chi connectivity index (χ4v) is 3.02. The number of amides is 1. The summed E-state index contributed by atoms with van der Waals surface area (Å²) in [5.74, 6) is -2.50. The highest BCUT2D eigenvalue weighted by Crippen LogP contribution is 2.40. The summed E-state index contributed by atoms with van der Waals surface area (Å²) >= 11 is 0. The molecule has 2 aliphatic rings. The third-order valence-corrected chi connectivity index (χ3v) is 3.72. The first-order valence-corrected chi connectivity index (χ1v) is 7.03. The predicted molar refractivity (Wildman–Crippen MR) is 75.6 cm³/mol. The van der Waals surface area contributed by atoms with Crippen molar-refractivity contribution in [2.45, 2.75) is 58.2 Å². The van der Waals surface area contributed by atoms with E-state index in [0.717, 1.165) is 0 Å².